The predicted molar refractivity (Wildman–Crippen MR) is 63.1 cm³/mol. The van der Waals surface area contributed by atoms with Crippen molar-refractivity contribution in [3.8, 4) is 11.4 Å². The molecule has 0 saturated carbocycles. The molecule has 0 fully saturated rings. The zero-order valence-electron chi connectivity index (χ0n) is 9.05. The lowest BCUT2D eigenvalue weighted by molar-refractivity contribution is 0.465. The van der Waals surface area contributed by atoms with Crippen LogP contribution in [0.3, 0.4) is 0 Å². The van der Waals surface area contributed by atoms with E-state index in [-0.39, 0.29) is 11.2 Å². The first kappa shape index (κ1) is 10.5. The Morgan fingerprint density at radius 2 is 1.88 bits per heavy atom. The first-order chi connectivity index (χ1) is 7.70. The predicted octanol–water partition coefficient (Wildman–Crippen LogP) is 2.11. The minimum atomic E-state index is -0.360. The summed E-state index contributed by atoms with van der Waals surface area (Å²) < 4.78 is 1.72. The first-order valence-corrected chi connectivity index (χ1v) is 5.21. The molecule has 3 heteroatoms. The van der Waals surface area contributed by atoms with Crippen LogP contribution in [0.25, 0.3) is 5.69 Å². The van der Waals surface area contributed by atoms with Crippen molar-refractivity contribution >= 4 is 0 Å². The highest BCUT2D eigenvalue weighted by molar-refractivity contribution is 5.36. The molecule has 0 radical (unpaired) electrons. The molecule has 1 heterocycles. The second-order valence-electron chi connectivity index (χ2n) is 3.62. The van der Waals surface area contributed by atoms with Gasteiger partial charge in [-0.15, -0.1) is 0 Å². The topological polar surface area (TPSA) is 42.2 Å². The Labute approximate surface area is 93.6 Å². The maximum Gasteiger partial charge on any atom is 0.223 e. The van der Waals surface area contributed by atoms with Crippen LogP contribution in [0.1, 0.15) is 12.5 Å². The van der Waals surface area contributed by atoms with Crippen LogP contribution in [-0.2, 0) is 6.42 Å². The molecule has 0 aliphatic heterocycles. The Morgan fingerprint density at radius 3 is 2.44 bits per heavy atom. The van der Waals surface area contributed by atoms with Crippen LogP contribution in [0.4, 0.5) is 0 Å². The summed E-state index contributed by atoms with van der Waals surface area (Å²) in [6.45, 7) is 2.10. The van der Waals surface area contributed by atoms with E-state index in [1.54, 1.807) is 10.8 Å². The second-order valence-corrected chi connectivity index (χ2v) is 3.62. The molecule has 3 nitrogen and oxygen atoms in total. The maximum absolute atomic E-state index is 11.0. The SMILES string of the molecule is CCc1ccc(-n2ccc(=O)c(O)c2)cc1. The van der Waals surface area contributed by atoms with Crippen molar-refractivity contribution in [2.24, 2.45) is 0 Å². The molecular formula is C13H13NO2. The van der Waals surface area contributed by atoms with E-state index in [9.17, 15) is 9.90 Å². The van der Waals surface area contributed by atoms with Crippen LogP contribution in [-0.4, -0.2) is 9.67 Å². The van der Waals surface area contributed by atoms with E-state index in [1.165, 1.54) is 17.8 Å². The number of nitrogens with zero attached hydrogens (tertiary/aromatic N) is 1. The fourth-order valence-electron chi connectivity index (χ4n) is 1.54. The number of aromatic hydroxyl groups is 1. The highest BCUT2D eigenvalue weighted by Crippen LogP contribution is 2.11. The summed E-state index contributed by atoms with van der Waals surface area (Å²) in [6, 6.07) is 9.34. The molecule has 0 saturated heterocycles. The molecule has 2 rings (SSSR count). The van der Waals surface area contributed by atoms with Crippen molar-refractivity contribution in [1.82, 2.24) is 4.57 Å². The summed E-state index contributed by atoms with van der Waals surface area (Å²) in [4.78, 5) is 11.0. The Bertz CT molecular complexity index is 541. The zero-order valence-corrected chi connectivity index (χ0v) is 9.05. The zero-order chi connectivity index (χ0) is 11.5. The third kappa shape index (κ3) is 1.98. The van der Waals surface area contributed by atoms with Gasteiger partial charge in [0, 0.05) is 18.0 Å². The standard InChI is InChI=1S/C13H13NO2/c1-2-10-3-5-11(6-4-10)14-8-7-12(15)13(16)9-14/h3-9,16H,2H2,1H3. The Kier molecular flexibility index (Phi) is 2.77. The van der Waals surface area contributed by atoms with Gasteiger partial charge in [-0.05, 0) is 24.1 Å². The summed E-state index contributed by atoms with van der Waals surface area (Å²) in [6.07, 6.45) is 4.06. The lowest BCUT2D eigenvalue weighted by atomic mass is 10.1. The van der Waals surface area contributed by atoms with Gasteiger partial charge in [0.1, 0.15) is 0 Å². The summed E-state index contributed by atoms with van der Waals surface area (Å²) in [5, 5.41) is 9.33. The number of hydrogen-bond donors (Lipinski definition) is 1. The molecule has 1 aromatic carbocycles. The van der Waals surface area contributed by atoms with Crippen LogP contribution in [0.5, 0.6) is 5.75 Å². The first-order valence-electron chi connectivity index (χ1n) is 5.21. The van der Waals surface area contributed by atoms with Gasteiger partial charge in [-0.3, -0.25) is 4.79 Å². The quantitative estimate of drug-likeness (QED) is 0.833. The van der Waals surface area contributed by atoms with Gasteiger partial charge in [-0.2, -0.15) is 0 Å². The lowest BCUT2D eigenvalue weighted by Crippen LogP contribution is -2.03. The van der Waals surface area contributed by atoms with Crippen LogP contribution >= 0.6 is 0 Å². The smallest absolute Gasteiger partial charge is 0.223 e. The lowest BCUT2D eigenvalue weighted by Gasteiger charge is -2.07. The number of aryl methyl sites for hydroxylation is 1. The molecule has 1 N–H and O–H groups in total. The van der Waals surface area contributed by atoms with Gasteiger partial charge in [0.05, 0.1) is 6.20 Å². The number of hydrogen-bond acceptors (Lipinski definition) is 2. The van der Waals surface area contributed by atoms with Gasteiger partial charge in [0.25, 0.3) is 0 Å². The third-order valence-electron chi connectivity index (χ3n) is 2.54. The van der Waals surface area contributed by atoms with Crippen molar-refractivity contribution in [1.29, 1.82) is 0 Å². The van der Waals surface area contributed by atoms with Crippen molar-refractivity contribution in [2.45, 2.75) is 13.3 Å². The monoisotopic (exact) mass is 215 g/mol. The Morgan fingerprint density at radius 1 is 1.19 bits per heavy atom. The summed E-state index contributed by atoms with van der Waals surface area (Å²) in [5.41, 5.74) is 1.82. The summed E-state index contributed by atoms with van der Waals surface area (Å²) in [7, 11) is 0. The minimum absolute atomic E-state index is 0.234. The molecule has 0 unspecified atom stereocenters. The molecule has 16 heavy (non-hydrogen) atoms. The summed E-state index contributed by atoms with van der Waals surface area (Å²) in [5.74, 6) is -0.234. The molecule has 0 aliphatic carbocycles. The van der Waals surface area contributed by atoms with E-state index in [1.807, 2.05) is 24.3 Å². The number of aromatic nitrogens is 1. The van der Waals surface area contributed by atoms with Crippen LogP contribution < -0.4 is 5.43 Å². The minimum Gasteiger partial charge on any atom is -0.503 e. The van der Waals surface area contributed by atoms with E-state index in [2.05, 4.69) is 6.92 Å². The van der Waals surface area contributed by atoms with E-state index < -0.39 is 0 Å². The van der Waals surface area contributed by atoms with Gasteiger partial charge >= 0.3 is 0 Å². The maximum atomic E-state index is 11.0. The molecule has 0 bridgehead atoms. The largest absolute Gasteiger partial charge is 0.503 e. The molecule has 0 amide bonds. The molecule has 82 valence electrons. The van der Waals surface area contributed by atoms with E-state index in [0.717, 1.165) is 12.1 Å². The highest BCUT2D eigenvalue weighted by Gasteiger charge is 1.99. The fourth-order valence-corrected chi connectivity index (χ4v) is 1.54. The average Bonchev–Trinajstić information content (AvgIpc) is 2.33. The van der Waals surface area contributed by atoms with E-state index in [0.29, 0.717) is 0 Å². The Hall–Kier alpha value is -2.03. The van der Waals surface area contributed by atoms with E-state index >= 15 is 0 Å². The van der Waals surface area contributed by atoms with Crippen LogP contribution in [0, 0.1) is 0 Å². The second kappa shape index (κ2) is 4.23. The average molecular weight is 215 g/mol. The molecule has 1 aromatic heterocycles. The van der Waals surface area contributed by atoms with Gasteiger partial charge in [-0.25, -0.2) is 0 Å². The van der Waals surface area contributed by atoms with Crippen molar-refractivity contribution < 1.29 is 5.11 Å². The highest BCUT2D eigenvalue weighted by atomic mass is 16.3. The molecule has 2 aromatic rings. The number of benzene rings is 1. The fraction of sp³-hybridized carbons (Fsp3) is 0.154. The third-order valence-corrected chi connectivity index (χ3v) is 2.54. The molecule has 0 spiro atoms. The van der Waals surface area contributed by atoms with Crippen LogP contribution in [0.2, 0.25) is 0 Å². The molecule has 0 aliphatic rings. The van der Waals surface area contributed by atoms with Gasteiger partial charge in [0.2, 0.25) is 5.43 Å². The van der Waals surface area contributed by atoms with Crippen LogP contribution in [0.15, 0.2) is 47.5 Å². The number of rotatable bonds is 2. The molecule has 0 atom stereocenters. The number of pyridine rings is 1. The van der Waals surface area contributed by atoms with Gasteiger partial charge in [0.15, 0.2) is 5.75 Å². The van der Waals surface area contributed by atoms with Crippen molar-refractivity contribution in [3.05, 3.63) is 58.5 Å². The molecular weight excluding hydrogens is 202 g/mol. The van der Waals surface area contributed by atoms with E-state index in [4.69, 9.17) is 0 Å². The van der Waals surface area contributed by atoms with Gasteiger partial charge in [-0.1, -0.05) is 19.1 Å². The Balaban J connectivity index is 2.42. The normalized spacial score (nSPS) is 10.3. The summed E-state index contributed by atoms with van der Waals surface area (Å²) >= 11 is 0. The van der Waals surface area contributed by atoms with Crippen molar-refractivity contribution in [2.75, 3.05) is 0 Å². The van der Waals surface area contributed by atoms with Crippen molar-refractivity contribution in [3.63, 3.8) is 0 Å². The van der Waals surface area contributed by atoms with Gasteiger partial charge < -0.3 is 9.67 Å².